The molecule has 0 aliphatic carbocycles. The van der Waals surface area contributed by atoms with Gasteiger partial charge >= 0.3 is 0 Å². The fourth-order valence-electron chi connectivity index (χ4n) is 9.12. The van der Waals surface area contributed by atoms with Gasteiger partial charge in [0.05, 0.1) is 11.3 Å². The summed E-state index contributed by atoms with van der Waals surface area (Å²) < 4.78 is 22.2. The van der Waals surface area contributed by atoms with Gasteiger partial charge in [-0.05, 0) is 65.3 Å². The van der Waals surface area contributed by atoms with E-state index in [4.69, 9.17) is 18.6 Å². The zero-order valence-electron chi connectivity index (χ0n) is 33.9. The number of furan rings is 2. The predicted octanol–water partition coefficient (Wildman–Crippen LogP) is 14.6. The monoisotopic (exact) mass is 1000 g/mol. The van der Waals surface area contributed by atoms with Gasteiger partial charge in [-0.25, -0.2) is 4.98 Å². The molecule has 0 amide bonds. The second kappa shape index (κ2) is 15.2. The molecule has 4 aromatic heterocycles. The summed E-state index contributed by atoms with van der Waals surface area (Å²) in [5, 5.41) is 5.96. The molecule has 0 fully saturated rings. The maximum Gasteiger partial charge on any atom is 0.136 e. The molecule has 12 aromatic rings. The van der Waals surface area contributed by atoms with E-state index < -0.39 is 0 Å². The minimum absolute atomic E-state index is 0. The van der Waals surface area contributed by atoms with E-state index in [2.05, 4.69) is 161 Å². The van der Waals surface area contributed by atoms with Crippen molar-refractivity contribution in [1.29, 1.82) is 0 Å². The number of hydrogen-bond acceptors (Lipinski definition) is 6. The molecule has 8 heteroatoms. The summed E-state index contributed by atoms with van der Waals surface area (Å²) in [7, 11) is 0. The average molecular weight is 1000 g/mol. The van der Waals surface area contributed by atoms with Crippen molar-refractivity contribution in [2.24, 2.45) is 0 Å². The number of pyridine rings is 1. The van der Waals surface area contributed by atoms with Crippen molar-refractivity contribution in [2.45, 2.75) is 0 Å². The molecule has 13 rings (SSSR count). The van der Waals surface area contributed by atoms with Gasteiger partial charge in [-0.2, -0.15) is 6.07 Å². The number of para-hydroxylation sites is 3. The molecule has 7 nitrogen and oxygen atoms in total. The Hall–Kier alpha value is -7.86. The minimum atomic E-state index is 0. The zero-order valence-corrected chi connectivity index (χ0v) is 36.2. The fraction of sp³-hybridized carbons (Fsp3) is 0. The van der Waals surface area contributed by atoms with E-state index in [1.54, 1.807) is 0 Å². The number of anilines is 2. The summed E-state index contributed by atoms with van der Waals surface area (Å²) in [4.78, 5) is 8.98. The molecule has 64 heavy (non-hydrogen) atoms. The summed E-state index contributed by atoms with van der Waals surface area (Å²) in [6.45, 7) is 2.10. The topological polar surface area (TPSA) is 59.8 Å². The van der Waals surface area contributed by atoms with Crippen LogP contribution in [0.2, 0.25) is 0 Å². The number of ether oxygens (including phenoxy) is 1. The molecule has 0 bridgehead atoms. The summed E-state index contributed by atoms with van der Waals surface area (Å²) in [5.41, 5.74) is 11.1. The van der Waals surface area contributed by atoms with Crippen LogP contribution in [0.3, 0.4) is 0 Å². The number of aromatic nitrogens is 2. The van der Waals surface area contributed by atoms with E-state index in [1.165, 1.54) is 0 Å². The molecular formula is C56H33N4O3Pt-3. The average Bonchev–Trinajstić information content (AvgIpc) is 4.14. The van der Waals surface area contributed by atoms with E-state index in [0.717, 1.165) is 99.5 Å². The smallest absolute Gasteiger partial charge is 0.136 e. The fourth-order valence-corrected chi connectivity index (χ4v) is 9.12. The van der Waals surface area contributed by atoms with E-state index in [0.29, 0.717) is 17.1 Å². The molecule has 0 radical (unpaired) electrons. The number of rotatable bonds is 7. The summed E-state index contributed by atoms with van der Waals surface area (Å²) in [5.74, 6) is 1.75. The molecule has 308 valence electrons. The third-order valence-corrected chi connectivity index (χ3v) is 12.0. The number of benzene rings is 8. The molecule has 0 N–H and O–H groups in total. The Morgan fingerprint density at radius 3 is 1.95 bits per heavy atom. The summed E-state index contributed by atoms with van der Waals surface area (Å²) in [6.07, 6.45) is 5.96. The second-order valence-corrected chi connectivity index (χ2v) is 15.7. The standard InChI is InChI=1S/C56H33N4O3.Pt/c1-3-14-36(15-4-1)40-20-13-21-41(37-16-5-2-6-17-37)55(40)59-29-28-58(35-59)38-30-47-46-34-51-45(44-19-8-10-23-50(44)62-51)33-52(46)63-56(47)53(31-38)61-39-25-26-43-42-18-7-9-22-48(42)60(49(43)32-39)54-24-11-12-27-57-54;/h1-30,33-35H;/q-3;. The van der Waals surface area contributed by atoms with E-state index in [-0.39, 0.29) is 21.1 Å². The minimum Gasteiger partial charge on any atom is -0.512 e. The van der Waals surface area contributed by atoms with Gasteiger partial charge in [0.2, 0.25) is 0 Å². The van der Waals surface area contributed by atoms with Crippen molar-refractivity contribution in [2.75, 3.05) is 9.80 Å². The van der Waals surface area contributed by atoms with Crippen molar-refractivity contribution in [3.05, 3.63) is 213 Å². The first-order valence-electron chi connectivity index (χ1n) is 20.8. The van der Waals surface area contributed by atoms with Gasteiger partial charge in [0.15, 0.2) is 0 Å². The Kier molecular flexibility index (Phi) is 8.99. The first-order chi connectivity index (χ1) is 31.2. The molecule has 0 spiro atoms. The first kappa shape index (κ1) is 37.9. The maximum absolute atomic E-state index is 6.89. The van der Waals surface area contributed by atoms with Gasteiger partial charge in [-0.3, -0.25) is 0 Å². The van der Waals surface area contributed by atoms with Crippen LogP contribution in [-0.2, 0) is 21.1 Å². The predicted molar refractivity (Wildman–Crippen MR) is 253 cm³/mol. The SMILES string of the molecule is [Pt].[c-]1c(N2C=CN(c3c(-c4ccccc4)cccc3-c3ccccc3)[CH-]2)cc2c(oc3cc4c(cc32)oc2ccccc24)c1Oc1[c-]c2c(cc1)c1ccccc1n2-c1ccccn1. The Bertz CT molecular complexity index is 3710. The Balaban J connectivity index is 0.00000433. The van der Waals surface area contributed by atoms with Crippen LogP contribution in [0.15, 0.2) is 203 Å². The molecule has 0 unspecified atom stereocenters. The first-order valence-corrected chi connectivity index (χ1v) is 20.8. The van der Waals surface area contributed by atoms with Gasteiger partial charge in [0, 0.05) is 71.5 Å². The maximum atomic E-state index is 6.89. The largest absolute Gasteiger partial charge is 0.512 e. The molecule has 8 aromatic carbocycles. The molecule has 1 aliphatic heterocycles. The van der Waals surface area contributed by atoms with Gasteiger partial charge in [0.25, 0.3) is 0 Å². The van der Waals surface area contributed by atoms with Crippen LogP contribution in [0.5, 0.6) is 11.5 Å². The molecule has 0 saturated heterocycles. The van der Waals surface area contributed by atoms with Crippen LogP contribution in [0.1, 0.15) is 0 Å². The van der Waals surface area contributed by atoms with Crippen LogP contribution in [0, 0.1) is 18.8 Å². The normalized spacial score (nSPS) is 12.7. The van der Waals surface area contributed by atoms with Crippen molar-refractivity contribution in [1.82, 2.24) is 9.55 Å². The third kappa shape index (κ3) is 6.11. The van der Waals surface area contributed by atoms with E-state index in [9.17, 15) is 0 Å². The zero-order chi connectivity index (χ0) is 41.4. The Morgan fingerprint density at radius 1 is 0.516 bits per heavy atom. The van der Waals surface area contributed by atoms with Crippen molar-refractivity contribution in [3.63, 3.8) is 0 Å². The van der Waals surface area contributed by atoms with Crippen LogP contribution in [-0.4, -0.2) is 9.55 Å². The molecule has 5 heterocycles. The van der Waals surface area contributed by atoms with Gasteiger partial charge in [-0.15, -0.1) is 42.0 Å². The summed E-state index contributed by atoms with van der Waals surface area (Å²) in [6, 6.07) is 67.4. The Morgan fingerprint density at radius 2 is 1.19 bits per heavy atom. The quantitative estimate of drug-likeness (QED) is 0.148. The third-order valence-electron chi connectivity index (χ3n) is 12.0. The van der Waals surface area contributed by atoms with Crippen molar-refractivity contribution < 1.29 is 34.6 Å². The van der Waals surface area contributed by atoms with Crippen LogP contribution < -0.4 is 14.5 Å². The van der Waals surface area contributed by atoms with E-state index >= 15 is 0 Å². The second-order valence-electron chi connectivity index (χ2n) is 15.7. The number of nitrogens with zero attached hydrogens (tertiary/aromatic N) is 4. The van der Waals surface area contributed by atoms with Crippen LogP contribution >= 0.6 is 0 Å². The van der Waals surface area contributed by atoms with Gasteiger partial charge < -0.3 is 27.9 Å². The molecule has 0 atom stereocenters. The number of hydrogen-bond donors (Lipinski definition) is 0. The van der Waals surface area contributed by atoms with Crippen molar-refractivity contribution >= 4 is 77.1 Å². The van der Waals surface area contributed by atoms with Crippen LogP contribution in [0.4, 0.5) is 11.4 Å². The Labute approximate surface area is 381 Å². The van der Waals surface area contributed by atoms with E-state index in [1.807, 2.05) is 66.9 Å². The van der Waals surface area contributed by atoms with Gasteiger partial charge in [0.1, 0.15) is 22.6 Å². The molecule has 1 aliphatic rings. The van der Waals surface area contributed by atoms with Crippen LogP contribution in [0.25, 0.3) is 93.8 Å². The molecule has 0 saturated carbocycles. The molecular weight excluding hydrogens is 972 g/mol. The number of fused-ring (bicyclic) bond motifs is 9. The summed E-state index contributed by atoms with van der Waals surface area (Å²) >= 11 is 0. The van der Waals surface area contributed by atoms with Gasteiger partial charge in [-0.1, -0.05) is 132 Å². The van der Waals surface area contributed by atoms with Crippen molar-refractivity contribution in [3.8, 4) is 39.6 Å².